The van der Waals surface area contributed by atoms with E-state index in [0.29, 0.717) is 25.4 Å². The van der Waals surface area contributed by atoms with Crippen LogP contribution >= 0.6 is 0 Å². The zero-order valence-corrected chi connectivity index (χ0v) is 17.2. The predicted octanol–water partition coefficient (Wildman–Crippen LogP) is 1.39. The Labute approximate surface area is 172 Å². The molecule has 8 heteroatoms. The van der Waals surface area contributed by atoms with Crippen molar-refractivity contribution in [2.45, 2.75) is 51.8 Å². The van der Waals surface area contributed by atoms with Gasteiger partial charge in [-0.05, 0) is 30.7 Å². The Morgan fingerprint density at radius 1 is 1.24 bits per heavy atom. The Bertz CT molecular complexity index is 681. The summed E-state index contributed by atoms with van der Waals surface area (Å²) in [5, 5.41) is 5.98. The molecule has 0 bridgehead atoms. The van der Waals surface area contributed by atoms with Crippen molar-refractivity contribution in [3.05, 3.63) is 35.9 Å². The van der Waals surface area contributed by atoms with Crippen LogP contribution in [0.3, 0.4) is 0 Å². The lowest BCUT2D eigenvalue weighted by molar-refractivity contribution is -0.126. The van der Waals surface area contributed by atoms with Gasteiger partial charge in [-0.3, -0.25) is 14.5 Å². The molecule has 1 aliphatic heterocycles. The summed E-state index contributed by atoms with van der Waals surface area (Å²) in [5.74, 6) is -0.264. The molecule has 4 N–H and O–H groups in total. The first-order valence-corrected chi connectivity index (χ1v) is 10.1. The predicted molar refractivity (Wildman–Crippen MR) is 110 cm³/mol. The van der Waals surface area contributed by atoms with E-state index in [1.54, 1.807) is 0 Å². The number of hydrogen-bond donors (Lipinski definition) is 3. The molecule has 0 radical (unpaired) electrons. The number of amides is 3. The van der Waals surface area contributed by atoms with Gasteiger partial charge in [0.15, 0.2) is 0 Å². The van der Waals surface area contributed by atoms with Crippen LogP contribution in [-0.2, 0) is 20.9 Å². The first kappa shape index (κ1) is 22.7. The molecule has 1 aliphatic rings. The van der Waals surface area contributed by atoms with E-state index in [-0.39, 0.29) is 25.1 Å². The molecule has 1 fully saturated rings. The lowest BCUT2D eigenvalue weighted by Crippen LogP contribution is -2.51. The van der Waals surface area contributed by atoms with Crippen LogP contribution in [0.1, 0.15) is 38.7 Å². The van der Waals surface area contributed by atoms with Gasteiger partial charge in [-0.15, -0.1) is 0 Å². The van der Waals surface area contributed by atoms with E-state index >= 15 is 0 Å². The summed E-state index contributed by atoms with van der Waals surface area (Å²) in [5.41, 5.74) is 6.06. The number of rotatable bonds is 10. The second-order valence-corrected chi connectivity index (χ2v) is 7.82. The summed E-state index contributed by atoms with van der Waals surface area (Å²) in [6, 6.07) is 8.76. The van der Waals surface area contributed by atoms with E-state index in [9.17, 15) is 14.4 Å². The lowest BCUT2D eigenvalue weighted by atomic mass is 10.0. The zero-order valence-electron chi connectivity index (χ0n) is 17.2. The standard InChI is InChI=1S/C21H32N4O4/c1-15(2)11-17(12-23-13-19(22)26)24-20(27)18-9-6-10-25(18)21(28)29-14-16-7-4-3-5-8-16/h3-5,7-8,15,17-18,23H,6,9-14H2,1-2H3,(H2,22,26)(H,24,27)/t17-,18-/m0/s1. The Morgan fingerprint density at radius 2 is 1.97 bits per heavy atom. The van der Waals surface area contributed by atoms with Crippen molar-refractivity contribution in [1.82, 2.24) is 15.5 Å². The first-order valence-electron chi connectivity index (χ1n) is 10.1. The van der Waals surface area contributed by atoms with Gasteiger partial charge in [-0.2, -0.15) is 0 Å². The molecule has 1 aromatic carbocycles. The van der Waals surface area contributed by atoms with Crippen molar-refractivity contribution in [3.63, 3.8) is 0 Å². The maximum Gasteiger partial charge on any atom is 0.410 e. The van der Waals surface area contributed by atoms with Crippen molar-refractivity contribution >= 4 is 17.9 Å². The second-order valence-electron chi connectivity index (χ2n) is 7.82. The molecule has 2 atom stereocenters. The fourth-order valence-corrected chi connectivity index (χ4v) is 3.49. The van der Waals surface area contributed by atoms with Crippen molar-refractivity contribution in [2.24, 2.45) is 11.7 Å². The maximum atomic E-state index is 12.8. The molecule has 3 amide bonds. The third-order valence-electron chi connectivity index (χ3n) is 4.79. The quantitative estimate of drug-likeness (QED) is 0.545. The van der Waals surface area contributed by atoms with Gasteiger partial charge < -0.3 is 21.1 Å². The van der Waals surface area contributed by atoms with Crippen LogP contribution in [0.25, 0.3) is 0 Å². The lowest BCUT2D eigenvalue weighted by Gasteiger charge is -2.27. The average molecular weight is 405 g/mol. The fourth-order valence-electron chi connectivity index (χ4n) is 3.49. The van der Waals surface area contributed by atoms with Crippen LogP contribution in [0, 0.1) is 5.92 Å². The summed E-state index contributed by atoms with van der Waals surface area (Å²) < 4.78 is 5.40. The number of benzene rings is 1. The molecular weight excluding hydrogens is 372 g/mol. The minimum atomic E-state index is -0.538. The molecule has 0 aliphatic carbocycles. The van der Waals surface area contributed by atoms with Gasteiger partial charge in [0.25, 0.3) is 0 Å². The number of carbonyl (C=O) groups excluding carboxylic acids is 3. The van der Waals surface area contributed by atoms with Gasteiger partial charge in [-0.25, -0.2) is 4.79 Å². The number of primary amides is 1. The number of likely N-dealkylation sites (tertiary alicyclic amines) is 1. The minimum Gasteiger partial charge on any atom is -0.445 e. The Kier molecular flexibility index (Phi) is 8.92. The molecule has 29 heavy (non-hydrogen) atoms. The Morgan fingerprint density at radius 3 is 2.62 bits per heavy atom. The third kappa shape index (κ3) is 7.73. The smallest absolute Gasteiger partial charge is 0.410 e. The zero-order chi connectivity index (χ0) is 21.2. The fraction of sp³-hybridized carbons (Fsp3) is 0.571. The van der Waals surface area contributed by atoms with Gasteiger partial charge >= 0.3 is 6.09 Å². The van der Waals surface area contributed by atoms with Gasteiger partial charge in [0.2, 0.25) is 11.8 Å². The second kappa shape index (κ2) is 11.4. The van der Waals surface area contributed by atoms with E-state index in [2.05, 4.69) is 24.5 Å². The highest BCUT2D eigenvalue weighted by Gasteiger charge is 2.35. The molecule has 0 saturated carbocycles. The molecule has 1 heterocycles. The number of nitrogens with zero attached hydrogens (tertiary/aromatic N) is 1. The summed E-state index contributed by atoms with van der Waals surface area (Å²) in [6.07, 6.45) is 1.64. The van der Waals surface area contributed by atoms with E-state index < -0.39 is 18.0 Å². The van der Waals surface area contributed by atoms with E-state index in [1.165, 1.54) is 4.90 Å². The van der Waals surface area contributed by atoms with Crippen LogP contribution in [-0.4, -0.2) is 54.5 Å². The van der Waals surface area contributed by atoms with Gasteiger partial charge in [0.1, 0.15) is 12.6 Å². The number of hydrogen-bond acceptors (Lipinski definition) is 5. The molecule has 0 aromatic heterocycles. The van der Waals surface area contributed by atoms with Crippen molar-refractivity contribution in [1.29, 1.82) is 0 Å². The molecule has 1 saturated heterocycles. The van der Waals surface area contributed by atoms with E-state index in [1.807, 2.05) is 30.3 Å². The van der Waals surface area contributed by atoms with Gasteiger partial charge in [0, 0.05) is 19.1 Å². The molecule has 0 spiro atoms. The molecular formula is C21H32N4O4. The van der Waals surface area contributed by atoms with Crippen LogP contribution in [0.4, 0.5) is 4.79 Å². The van der Waals surface area contributed by atoms with Gasteiger partial charge in [-0.1, -0.05) is 44.2 Å². The van der Waals surface area contributed by atoms with Gasteiger partial charge in [0.05, 0.1) is 6.54 Å². The number of nitrogens with one attached hydrogen (secondary N) is 2. The number of nitrogens with two attached hydrogens (primary N) is 1. The SMILES string of the molecule is CC(C)C[C@@H](CNCC(N)=O)NC(=O)[C@@H]1CCCN1C(=O)OCc1ccccc1. The van der Waals surface area contributed by atoms with E-state index in [0.717, 1.165) is 18.4 Å². The topological polar surface area (TPSA) is 114 Å². The third-order valence-corrected chi connectivity index (χ3v) is 4.79. The monoisotopic (exact) mass is 404 g/mol. The van der Waals surface area contributed by atoms with Crippen LogP contribution < -0.4 is 16.4 Å². The summed E-state index contributed by atoms with van der Waals surface area (Å²) >= 11 is 0. The Balaban J connectivity index is 1.90. The molecule has 160 valence electrons. The molecule has 8 nitrogen and oxygen atoms in total. The van der Waals surface area contributed by atoms with Crippen molar-refractivity contribution in [2.75, 3.05) is 19.6 Å². The summed E-state index contributed by atoms with van der Waals surface area (Å²) in [4.78, 5) is 37.8. The molecule has 0 unspecified atom stereocenters. The van der Waals surface area contributed by atoms with Crippen LogP contribution in [0.15, 0.2) is 30.3 Å². The number of ether oxygens (including phenoxy) is 1. The first-order chi connectivity index (χ1) is 13.9. The summed E-state index contributed by atoms with van der Waals surface area (Å²) in [7, 11) is 0. The van der Waals surface area contributed by atoms with Crippen LogP contribution in [0.5, 0.6) is 0 Å². The highest BCUT2D eigenvalue weighted by molar-refractivity contribution is 5.86. The highest BCUT2D eigenvalue weighted by atomic mass is 16.6. The largest absolute Gasteiger partial charge is 0.445 e. The summed E-state index contributed by atoms with van der Waals surface area (Å²) in [6.45, 7) is 5.31. The number of carbonyl (C=O) groups is 3. The average Bonchev–Trinajstić information content (AvgIpc) is 3.16. The van der Waals surface area contributed by atoms with Crippen molar-refractivity contribution in [3.8, 4) is 0 Å². The highest BCUT2D eigenvalue weighted by Crippen LogP contribution is 2.19. The normalized spacial score (nSPS) is 17.2. The molecule has 2 rings (SSSR count). The van der Waals surface area contributed by atoms with E-state index in [4.69, 9.17) is 10.5 Å². The van der Waals surface area contributed by atoms with Crippen molar-refractivity contribution < 1.29 is 19.1 Å². The van der Waals surface area contributed by atoms with Crippen LogP contribution in [0.2, 0.25) is 0 Å². The minimum absolute atomic E-state index is 0.0613. The molecule has 1 aromatic rings. The Hall–Kier alpha value is -2.61. The maximum absolute atomic E-state index is 12.8.